The zero-order valence-electron chi connectivity index (χ0n) is 47.6. The minimum Gasteiger partial charge on any atom is -0.465 e. The van der Waals surface area contributed by atoms with Crippen LogP contribution in [0.4, 0.5) is 0 Å². The van der Waals surface area contributed by atoms with E-state index in [-0.39, 0.29) is 42.1 Å². The molecule has 2 unspecified atom stereocenters. The SMILES string of the molecule is CC1=C2C[C@H]3[C@@H](CC=C4CC(O)CC[C@@]43C)[C@@H]2CC[C@@]12CC1NC[C@@H](C)C[C@H]1O2.O=C(CCCCCCCO)OCC1c2ccccc2-c2ccccc21.O=CCCCCCCC(=O)OCC1c2ccccc2-c2ccccc21. The van der Waals surface area contributed by atoms with E-state index in [0.717, 1.165) is 107 Å². The second-order valence-electron chi connectivity index (χ2n) is 24.9. The van der Waals surface area contributed by atoms with E-state index in [4.69, 9.17) is 19.3 Å². The van der Waals surface area contributed by atoms with Crippen LogP contribution in [-0.2, 0) is 28.6 Å². The molecule has 79 heavy (non-hydrogen) atoms. The summed E-state index contributed by atoms with van der Waals surface area (Å²) in [5.74, 6) is 3.15. The number of aliphatic hydroxyl groups is 2. The number of unbranched alkanes of at least 4 members (excludes halogenated alkanes) is 8. The summed E-state index contributed by atoms with van der Waals surface area (Å²) in [5.41, 5.74) is 15.3. The topological polar surface area (TPSA) is 131 Å². The summed E-state index contributed by atoms with van der Waals surface area (Å²) in [4.78, 5) is 34.3. The Morgan fingerprint density at radius 3 is 1.80 bits per heavy atom. The second-order valence-corrected chi connectivity index (χ2v) is 24.9. The molecule has 2 saturated heterocycles. The molecule has 0 bridgehead atoms. The minimum absolute atomic E-state index is 0.0195. The molecule has 4 fully saturated rings. The van der Waals surface area contributed by atoms with Crippen LogP contribution < -0.4 is 5.32 Å². The van der Waals surface area contributed by atoms with Gasteiger partial charge in [-0.25, -0.2) is 0 Å². The Balaban J connectivity index is 0.000000134. The van der Waals surface area contributed by atoms with Gasteiger partial charge in [-0.05, 0) is 176 Å². The van der Waals surface area contributed by atoms with Crippen LogP contribution in [0.1, 0.15) is 190 Å². The zero-order chi connectivity index (χ0) is 54.9. The zero-order valence-corrected chi connectivity index (χ0v) is 47.6. The maximum Gasteiger partial charge on any atom is 0.305 e. The number of allylic oxidation sites excluding steroid dienone is 2. The van der Waals surface area contributed by atoms with Gasteiger partial charge in [-0.3, -0.25) is 9.59 Å². The van der Waals surface area contributed by atoms with Crippen LogP contribution in [0.25, 0.3) is 22.3 Å². The maximum absolute atomic E-state index is 12.1. The third-order valence-electron chi connectivity index (χ3n) is 20.1. The number of benzene rings is 4. The van der Waals surface area contributed by atoms with Crippen molar-refractivity contribution in [1.82, 2.24) is 5.32 Å². The first-order chi connectivity index (χ1) is 38.5. The fraction of sp³-hybridized carbons (Fsp3) is 0.557. The number of fused-ring (bicyclic) bond motifs is 12. The van der Waals surface area contributed by atoms with Crippen molar-refractivity contribution in [3.8, 4) is 22.3 Å². The van der Waals surface area contributed by atoms with Gasteiger partial charge >= 0.3 is 11.9 Å². The number of piperidine rings is 1. The lowest BCUT2D eigenvalue weighted by Crippen LogP contribution is -2.45. The Morgan fingerprint density at radius 2 is 1.24 bits per heavy atom. The van der Waals surface area contributed by atoms with E-state index in [1.54, 1.807) is 16.7 Å². The first kappa shape index (κ1) is 57.1. The fourth-order valence-electron chi connectivity index (χ4n) is 15.7. The Hall–Kier alpha value is -5.19. The van der Waals surface area contributed by atoms with E-state index < -0.39 is 0 Å². The van der Waals surface area contributed by atoms with Gasteiger partial charge in [0.25, 0.3) is 0 Å². The van der Waals surface area contributed by atoms with Crippen LogP contribution >= 0.6 is 0 Å². The van der Waals surface area contributed by atoms with E-state index in [0.29, 0.717) is 50.0 Å². The molecule has 4 aromatic rings. The molecule has 2 saturated carbocycles. The Labute approximate surface area is 471 Å². The summed E-state index contributed by atoms with van der Waals surface area (Å²) in [5, 5.41) is 22.8. The average molecular weight is 1070 g/mol. The van der Waals surface area contributed by atoms with E-state index >= 15 is 0 Å². The molecule has 1 spiro atoms. The van der Waals surface area contributed by atoms with Crippen LogP contribution in [0.5, 0.6) is 0 Å². The molecule has 422 valence electrons. The van der Waals surface area contributed by atoms with Gasteiger partial charge < -0.3 is 34.5 Å². The third kappa shape index (κ3) is 12.5. The first-order valence-corrected chi connectivity index (χ1v) is 30.7. The predicted octanol–water partition coefficient (Wildman–Crippen LogP) is 14.3. The molecule has 9 nitrogen and oxygen atoms in total. The lowest BCUT2D eigenvalue weighted by atomic mass is 9.56. The van der Waals surface area contributed by atoms with Crippen LogP contribution in [0, 0.1) is 29.1 Å². The van der Waals surface area contributed by atoms with Crippen LogP contribution in [-0.4, -0.2) is 78.7 Å². The largest absolute Gasteiger partial charge is 0.465 e. The predicted molar refractivity (Wildman–Crippen MR) is 313 cm³/mol. The lowest BCUT2D eigenvalue weighted by Gasteiger charge is -2.49. The van der Waals surface area contributed by atoms with Crippen molar-refractivity contribution >= 4 is 18.2 Å². The van der Waals surface area contributed by atoms with E-state index in [9.17, 15) is 19.5 Å². The monoisotopic (exact) mass is 1070 g/mol. The summed E-state index contributed by atoms with van der Waals surface area (Å²) >= 11 is 0. The van der Waals surface area contributed by atoms with Gasteiger partial charge in [0, 0.05) is 43.7 Å². The number of esters is 2. The van der Waals surface area contributed by atoms with E-state index in [2.05, 4.69) is 105 Å². The van der Waals surface area contributed by atoms with Gasteiger partial charge in [0.05, 0.1) is 17.8 Å². The molecule has 12 rings (SSSR count). The number of carbonyl (C=O) groups is 3. The molecule has 0 radical (unpaired) electrons. The summed E-state index contributed by atoms with van der Waals surface area (Å²) in [6, 6.07) is 34.0. The Bertz CT molecular complexity index is 2720. The summed E-state index contributed by atoms with van der Waals surface area (Å²) in [6.45, 7) is 9.54. The highest BCUT2D eigenvalue weighted by molar-refractivity contribution is 5.80. The maximum atomic E-state index is 12.1. The number of hydrogen-bond acceptors (Lipinski definition) is 9. The quantitative estimate of drug-likeness (QED) is 0.0386. The number of nitrogens with one attached hydrogen (secondary N) is 1. The normalized spacial score (nSPS) is 27.8. The van der Waals surface area contributed by atoms with E-state index in [1.165, 1.54) is 89.5 Å². The molecular formula is C70H89NO8. The molecule has 9 atom stereocenters. The van der Waals surface area contributed by atoms with Gasteiger partial charge in [0.15, 0.2) is 0 Å². The molecule has 9 heteroatoms. The van der Waals surface area contributed by atoms with Gasteiger partial charge in [0.2, 0.25) is 0 Å². The third-order valence-corrected chi connectivity index (χ3v) is 20.1. The average Bonchev–Trinajstić information content (AvgIpc) is 4.22. The van der Waals surface area contributed by atoms with Gasteiger partial charge in [0.1, 0.15) is 19.5 Å². The van der Waals surface area contributed by atoms with Gasteiger partial charge in [-0.15, -0.1) is 0 Å². The lowest BCUT2D eigenvalue weighted by molar-refractivity contribution is -0.145. The van der Waals surface area contributed by atoms with E-state index in [1.807, 2.05) is 24.3 Å². The minimum atomic E-state index is -0.128. The van der Waals surface area contributed by atoms with Crippen LogP contribution in [0.3, 0.4) is 0 Å². The highest BCUT2D eigenvalue weighted by Crippen LogP contribution is 2.64. The van der Waals surface area contributed by atoms with Crippen LogP contribution in [0.15, 0.2) is 120 Å². The number of rotatable bonds is 18. The molecular weight excluding hydrogens is 983 g/mol. The molecule has 2 aliphatic heterocycles. The standard InChI is InChI=1S/C26H39NO2.C22H26O3.C22H24O3/c1-15-10-24-23(27-14-15)13-26(29-24)9-7-19-20-5-4-17-11-18(28)6-8-25(17,3)22(20)12-21(19)16(26)2;2*23-15-9-3-1-2-4-14-22(24)25-16-21-19-12-7-5-10-17(19)18-11-6-8-13-20(18)21/h4,15,18-20,22-24,27-28H,5-14H2,1-3H3;5-8,10-13,21,23H,1-4,9,14-16H2;5-8,10-13,15,21H,1-4,9,14,16H2/t15-,18?,19-,20-,22-,23?,24+,25-,26+;;/m0../s1. The summed E-state index contributed by atoms with van der Waals surface area (Å²) < 4.78 is 18.1. The van der Waals surface area contributed by atoms with Crippen molar-refractivity contribution in [2.24, 2.45) is 29.1 Å². The number of ether oxygens (including phenoxy) is 3. The number of aliphatic hydroxyl groups excluding tert-OH is 2. The van der Waals surface area contributed by atoms with Gasteiger partial charge in [-0.2, -0.15) is 0 Å². The molecule has 0 amide bonds. The van der Waals surface area contributed by atoms with Gasteiger partial charge in [-0.1, -0.05) is 160 Å². The Kier molecular flexibility index (Phi) is 18.9. The fourth-order valence-corrected chi connectivity index (χ4v) is 15.7. The molecule has 6 aliphatic carbocycles. The molecule has 8 aliphatic rings. The molecule has 3 N–H and O–H groups in total. The number of carbonyl (C=O) groups excluding carboxylic acids is 3. The van der Waals surface area contributed by atoms with Crippen molar-refractivity contribution in [2.75, 3.05) is 26.4 Å². The van der Waals surface area contributed by atoms with Crippen molar-refractivity contribution in [2.45, 2.75) is 191 Å². The number of hydrogen-bond donors (Lipinski definition) is 3. The second kappa shape index (κ2) is 26.2. The van der Waals surface area contributed by atoms with Crippen LogP contribution in [0.2, 0.25) is 0 Å². The highest BCUT2D eigenvalue weighted by Gasteiger charge is 2.58. The smallest absolute Gasteiger partial charge is 0.305 e. The summed E-state index contributed by atoms with van der Waals surface area (Å²) in [7, 11) is 0. The van der Waals surface area contributed by atoms with Crippen molar-refractivity contribution in [3.63, 3.8) is 0 Å². The van der Waals surface area contributed by atoms with Crippen molar-refractivity contribution in [3.05, 3.63) is 142 Å². The highest BCUT2D eigenvalue weighted by atomic mass is 16.5. The van der Waals surface area contributed by atoms with Crippen molar-refractivity contribution < 1.29 is 38.8 Å². The molecule has 0 aromatic heterocycles. The molecule has 4 aromatic carbocycles. The van der Waals surface area contributed by atoms with Crippen molar-refractivity contribution in [1.29, 1.82) is 0 Å². The first-order valence-electron chi connectivity index (χ1n) is 30.7. The summed E-state index contributed by atoms with van der Waals surface area (Å²) in [6.07, 6.45) is 24.5. The molecule has 2 heterocycles. The number of aldehydes is 1. The Morgan fingerprint density at radius 1 is 0.709 bits per heavy atom.